The minimum absolute atomic E-state index is 0.0243. The van der Waals surface area contributed by atoms with Crippen LogP contribution in [-0.2, 0) is 5.41 Å². The van der Waals surface area contributed by atoms with Crippen LogP contribution < -0.4 is 0 Å². The van der Waals surface area contributed by atoms with E-state index in [9.17, 15) is 14.3 Å². The quantitative estimate of drug-likeness (QED) is 0.436. The molecule has 5 nitrogen and oxygen atoms in total. The van der Waals surface area contributed by atoms with Crippen molar-refractivity contribution in [1.82, 2.24) is 9.88 Å². The number of rotatable bonds is 5. The molecule has 1 amide bonds. The third kappa shape index (κ3) is 5.99. The summed E-state index contributed by atoms with van der Waals surface area (Å²) in [6, 6.07) is 9.08. The smallest absolute Gasteiger partial charge is 0.253 e. The summed E-state index contributed by atoms with van der Waals surface area (Å²) in [4.78, 5) is 22.7. The molecule has 1 aromatic carbocycles. The van der Waals surface area contributed by atoms with Crippen molar-refractivity contribution in [2.75, 3.05) is 13.1 Å². The Balaban J connectivity index is 1.87. The number of aromatic nitrogens is 1. The Hall–Kier alpha value is -2.83. The minimum Gasteiger partial charge on any atom is -0.388 e. The average Bonchev–Trinajstić information content (AvgIpc) is 2.79. The number of alkyl halides is 1. The molecule has 0 aliphatic carbocycles. The van der Waals surface area contributed by atoms with E-state index in [2.05, 4.69) is 37.5 Å². The molecule has 1 fully saturated rings. The SMILES string of the molecule is C=N/C=C(\C=C(/C)c1ccc(C(=O)N2CCC(F)C(O)C2)cc1Cl)c1ccnc(C(C)(C)C)c1. The largest absolute Gasteiger partial charge is 0.388 e. The maximum atomic E-state index is 13.6. The van der Waals surface area contributed by atoms with Crippen LogP contribution >= 0.6 is 11.6 Å². The highest BCUT2D eigenvalue weighted by Crippen LogP contribution is 2.30. The summed E-state index contributed by atoms with van der Waals surface area (Å²) in [5.74, 6) is -0.274. The molecule has 1 saturated heterocycles. The fraction of sp³-hybridized carbons (Fsp3) is 0.370. The first-order valence-corrected chi connectivity index (χ1v) is 11.6. The molecule has 0 bridgehead atoms. The lowest BCUT2D eigenvalue weighted by Gasteiger charge is -2.32. The first-order chi connectivity index (χ1) is 16.0. The summed E-state index contributed by atoms with van der Waals surface area (Å²) >= 11 is 6.56. The fourth-order valence-corrected chi connectivity index (χ4v) is 4.19. The number of halogens is 2. The number of piperidine rings is 1. The molecule has 0 saturated carbocycles. The van der Waals surface area contributed by atoms with E-state index in [1.165, 1.54) is 4.90 Å². The van der Waals surface area contributed by atoms with E-state index in [-0.39, 0.29) is 30.8 Å². The van der Waals surface area contributed by atoms with Gasteiger partial charge in [0.25, 0.3) is 5.91 Å². The maximum Gasteiger partial charge on any atom is 0.253 e. The average molecular weight is 484 g/mol. The molecule has 2 heterocycles. The zero-order valence-electron chi connectivity index (χ0n) is 20.1. The molecule has 2 atom stereocenters. The standard InChI is InChI=1S/C27H31ClFN3O2/c1-17(12-20(15-30-5)18-8-10-31-25(14-18)27(2,3)4)21-7-6-19(13-22(21)28)26(34)32-11-9-23(29)24(33)16-32/h6-8,10,12-15,23-24,33H,5,9,11,16H2,1-4H3/b17-12+,20-15+. The number of carbonyl (C=O) groups is 1. The number of likely N-dealkylation sites (tertiary alicyclic amines) is 1. The molecule has 1 aliphatic heterocycles. The van der Waals surface area contributed by atoms with Crippen LogP contribution in [0.25, 0.3) is 11.1 Å². The van der Waals surface area contributed by atoms with Crippen molar-refractivity contribution in [3.8, 4) is 0 Å². The molecule has 1 aromatic heterocycles. The lowest BCUT2D eigenvalue weighted by molar-refractivity contribution is 0.00580. The predicted octanol–water partition coefficient (Wildman–Crippen LogP) is 5.72. The third-order valence-electron chi connectivity index (χ3n) is 5.89. The molecule has 2 aromatic rings. The van der Waals surface area contributed by atoms with Gasteiger partial charge in [0.2, 0.25) is 0 Å². The normalized spacial score (nSPS) is 19.8. The van der Waals surface area contributed by atoms with Crippen molar-refractivity contribution < 1.29 is 14.3 Å². The summed E-state index contributed by atoms with van der Waals surface area (Å²) in [5, 5.41) is 10.2. The molecule has 0 radical (unpaired) electrons. The van der Waals surface area contributed by atoms with Crippen molar-refractivity contribution in [1.29, 1.82) is 0 Å². The van der Waals surface area contributed by atoms with Crippen LogP contribution in [0.15, 0.2) is 53.8 Å². The molecule has 2 unspecified atom stereocenters. The highest BCUT2D eigenvalue weighted by atomic mass is 35.5. The maximum absolute atomic E-state index is 13.6. The number of amides is 1. The van der Waals surface area contributed by atoms with Crippen LogP contribution in [0.2, 0.25) is 5.02 Å². The van der Waals surface area contributed by atoms with Gasteiger partial charge in [-0.3, -0.25) is 14.8 Å². The Morgan fingerprint density at radius 1 is 1.29 bits per heavy atom. The number of carbonyl (C=O) groups excluding carboxylic acids is 1. The highest BCUT2D eigenvalue weighted by molar-refractivity contribution is 6.32. The van der Waals surface area contributed by atoms with E-state index in [0.717, 1.165) is 28.0 Å². The van der Waals surface area contributed by atoms with E-state index in [0.29, 0.717) is 10.6 Å². The van der Waals surface area contributed by atoms with Gasteiger partial charge in [-0.25, -0.2) is 4.39 Å². The van der Waals surface area contributed by atoms with Crippen LogP contribution in [0.5, 0.6) is 0 Å². The second-order valence-corrected chi connectivity index (χ2v) is 10.00. The van der Waals surface area contributed by atoms with Gasteiger partial charge >= 0.3 is 0 Å². The second-order valence-electron chi connectivity index (χ2n) is 9.59. The molecular formula is C27H31ClFN3O2. The zero-order valence-corrected chi connectivity index (χ0v) is 20.8. The number of allylic oxidation sites excluding steroid dienone is 3. The number of aliphatic hydroxyl groups excluding tert-OH is 1. The van der Waals surface area contributed by atoms with Crippen molar-refractivity contribution >= 4 is 35.4 Å². The van der Waals surface area contributed by atoms with Gasteiger partial charge in [-0.1, -0.05) is 38.4 Å². The van der Waals surface area contributed by atoms with Gasteiger partial charge in [-0.05, 0) is 67.1 Å². The topological polar surface area (TPSA) is 65.8 Å². The Morgan fingerprint density at radius 3 is 2.65 bits per heavy atom. The summed E-state index contributed by atoms with van der Waals surface area (Å²) in [6.07, 6.45) is 3.12. The van der Waals surface area contributed by atoms with E-state index in [4.69, 9.17) is 11.6 Å². The minimum atomic E-state index is -1.30. The van der Waals surface area contributed by atoms with E-state index in [1.54, 1.807) is 30.6 Å². The van der Waals surface area contributed by atoms with Crippen molar-refractivity contribution in [3.63, 3.8) is 0 Å². The monoisotopic (exact) mass is 483 g/mol. The number of β-amino-alcohol motifs (C(OH)–C–C–N with tert-alkyl or cyclic N) is 1. The lowest BCUT2D eigenvalue weighted by Crippen LogP contribution is -2.47. The second kappa shape index (κ2) is 10.6. The van der Waals surface area contributed by atoms with Crippen molar-refractivity contribution in [2.45, 2.75) is 51.8 Å². The zero-order chi connectivity index (χ0) is 25.0. The lowest BCUT2D eigenvalue weighted by atomic mass is 9.89. The van der Waals surface area contributed by atoms with Gasteiger partial charge in [0.15, 0.2) is 0 Å². The Morgan fingerprint density at radius 2 is 2.03 bits per heavy atom. The Bertz CT molecular complexity index is 1140. The molecule has 34 heavy (non-hydrogen) atoms. The van der Waals surface area contributed by atoms with E-state index < -0.39 is 12.3 Å². The summed E-state index contributed by atoms with van der Waals surface area (Å²) < 4.78 is 13.6. The molecule has 1 aliphatic rings. The fourth-order valence-electron chi connectivity index (χ4n) is 3.86. The van der Waals surface area contributed by atoms with Gasteiger partial charge in [-0.15, -0.1) is 0 Å². The van der Waals surface area contributed by atoms with Gasteiger partial charge in [0.1, 0.15) is 12.3 Å². The van der Waals surface area contributed by atoms with Crippen LogP contribution in [-0.4, -0.2) is 53.0 Å². The number of benzene rings is 1. The van der Waals surface area contributed by atoms with Crippen LogP contribution in [0.4, 0.5) is 4.39 Å². The van der Waals surface area contributed by atoms with Crippen molar-refractivity contribution in [3.05, 3.63) is 76.2 Å². The number of pyridine rings is 1. The van der Waals surface area contributed by atoms with Gasteiger partial charge in [0.05, 0.1) is 0 Å². The third-order valence-corrected chi connectivity index (χ3v) is 6.20. The molecule has 0 spiro atoms. The molecule has 1 N–H and O–H groups in total. The number of hydrogen-bond donors (Lipinski definition) is 1. The van der Waals surface area contributed by atoms with Crippen LogP contribution in [0, 0.1) is 0 Å². The molecule has 7 heteroatoms. The Kier molecular flexibility index (Phi) is 8.05. The molecular weight excluding hydrogens is 453 g/mol. The van der Waals surface area contributed by atoms with Gasteiger partial charge < -0.3 is 10.0 Å². The van der Waals surface area contributed by atoms with E-state index in [1.807, 2.05) is 25.1 Å². The summed E-state index contributed by atoms with van der Waals surface area (Å²) in [6.45, 7) is 12.1. The molecule has 3 rings (SSSR count). The number of nitrogens with zero attached hydrogens (tertiary/aromatic N) is 3. The summed E-state index contributed by atoms with van der Waals surface area (Å²) in [5.41, 5.74) is 4.77. The number of aliphatic hydroxyl groups is 1. The van der Waals surface area contributed by atoms with Gasteiger partial charge in [-0.2, -0.15) is 0 Å². The predicted molar refractivity (Wildman–Crippen MR) is 137 cm³/mol. The molecule has 180 valence electrons. The first-order valence-electron chi connectivity index (χ1n) is 11.2. The highest BCUT2D eigenvalue weighted by Gasteiger charge is 2.30. The number of aliphatic imine (C=N–C) groups is 1. The Labute approximate surface area is 205 Å². The summed E-state index contributed by atoms with van der Waals surface area (Å²) in [7, 11) is 0. The number of hydrogen-bond acceptors (Lipinski definition) is 4. The van der Waals surface area contributed by atoms with Crippen LogP contribution in [0.3, 0.4) is 0 Å². The van der Waals surface area contributed by atoms with Crippen LogP contribution in [0.1, 0.15) is 61.3 Å². The first kappa shape index (κ1) is 25.8. The van der Waals surface area contributed by atoms with Gasteiger partial charge in [0, 0.05) is 52.8 Å². The van der Waals surface area contributed by atoms with Crippen molar-refractivity contribution in [2.24, 2.45) is 4.99 Å². The van der Waals surface area contributed by atoms with E-state index >= 15 is 0 Å².